The summed E-state index contributed by atoms with van der Waals surface area (Å²) in [4.78, 5) is 0. The Morgan fingerprint density at radius 1 is 1.64 bits per heavy atom. The second kappa shape index (κ2) is 3.99. The van der Waals surface area contributed by atoms with E-state index >= 15 is 0 Å². The van der Waals surface area contributed by atoms with E-state index in [0.717, 1.165) is 18.8 Å². The van der Waals surface area contributed by atoms with Crippen molar-refractivity contribution in [2.24, 2.45) is 5.92 Å². The molecule has 0 saturated carbocycles. The van der Waals surface area contributed by atoms with E-state index in [4.69, 9.17) is 7.85 Å². The Morgan fingerprint density at radius 2 is 2.36 bits per heavy atom. The predicted octanol–water partition coefficient (Wildman–Crippen LogP) is 3.10. The lowest BCUT2D eigenvalue weighted by Crippen LogP contribution is -1.90. The molecule has 1 aliphatic rings. The molecule has 1 heteroatoms. The largest absolute Gasteiger partial charge is 0.0858 e. The Kier molecular flexibility index (Phi) is 3.23. The van der Waals surface area contributed by atoms with Gasteiger partial charge in [-0.05, 0) is 31.6 Å². The molecule has 1 unspecified atom stereocenters. The first-order valence-electron chi connectivity index (χ1n) is 4.62. The topological polar surface area (TPSA) is 0 Å². The van der Waals surface area contributed by atoms with Gasteiger partial charge >= 0.3 is 0 Å². The van der Waals surface area contributed by atoms with Gasteiger partial charge in [0.2, 0.25) is 0 Å². The smallest absolute Gasteiger partial charge is 0.0708 e. The van der Waals surface area contributed by atoms with Crippen molar-refractivity contribution < 1.29 is 0 Å². The predicted molar refractivity (Wildman–Crippen MR) is 50.9 cm³/mol. The van der Waals surface area contributed by atoms with Crippen molar-refractivity contribution in [3.8, 4) is 0 Å². The van der Waals surface area contributed by atoms with Gasteiger partial charge in [0.05, 0.1) is 7.85 Å². The summed E-state index contributed by atoms with van der Waals surface area (Å²) in [5.41, 5.74) is 1.59. The van der Waals surface area contributed by atoms with Crippen LogP contribution in [0.3, 0.4) is 0 Å². The van der Waals surface area contributed by atoms with E-state index in [9.17, 15) is 0 Å². The monoisotopic (exact) mass is 148 g/mol. The summed E-state index contributed by atoms with van der Waals surface area (Å²) in [5.74, 6) is 1.25. The van der Waals surface area contributed by atoms with Crippen molar-refractivity contribution in [3.63, 3.8) is 0 Å². The van der Waals surface area contributed by atoms with Crippen molar-refractivity contribution in [2.75, 3.05) is 0 Å². The molecule has 60 valence electrons. The van der Waals surface area contributed by atoms with Crippen LogP contribution in [0.2, 0.25) is 5.82 Å². The van der Waals surface area contributed by atoms with E-state index in [1.807, 2.05) is 0 Å². The Balaban J connectivity index is 2.18. The molecule has 0 aliphatic heterocycles. The van der Waals surface area contributed by atoms with Crippen LogP contribution >= 0.6 is 0 Å². The number of hydrogen-bond donors (Lipinski definition) is 0. The molecule has 0 N–H and O–H groups in total. The van der Waals surface area contributed by atoms with Crippen LogP contribution in [-0.4, -0.2) is 7.85 Å². The first kappa shape index (κ1) is 8.90. The normalized spacial score (nSPS) is 24.3. The highest BCUT2D eigenvalue weighted by Gasteiger charge is 2.11. The molecule has 0 saturated heterocycles. The highest BCUT2D eigenvalue weighted by molar-refractivity contribution is 6.12. The fourth-order valence-electron chi connectivity index (χ4n) is 1.50. The van der Waals surface area contributed by atoms with Gasteiger partial charge in [0.15, 0.2) is 0 Å². The SMILES string of the molecule is [B]C1CC=C(CCC(C)C)C1. The Labute approximate surface area is 71.5 Å². The molecular formula is C10H17B. The average Bonchev–Trinajstić information content (AvgIpc) is 2.31. The molecule has 0 aromatic rings. The number of allylic oxidation sites excluding steroid dienone is 2. The van der Waals surface area contributed by atoms with Crippen LogP contribution in [0.15, 0.2) is 11.6 Å². The fraction of sp³-hybridized carbons (Fsp3) is 0.800. The minimum atomic E-state index is 0.428. The van der Waals surface area contributed by atoms with Gasteiger partial charge in [-0.1, -0.05) is 31.3 Å². The Morgan fingerprint density at radius 3 is 2.82 bits per heavy atom. The molecule has 0 bridgehead atoms. The van der Waals surface area contributed by atoms with Gasteiger partial charge in [-0.2, -0.15) is 0 Å². The number of rotatable bonds is 3. The van der Waals surface area contributed by atoms with Crippen molar-refractivity contribution in [1.29, 1.82) is 0 Å². The van der Waals surface area contributed by atoms with Gasteiger partial charge in [-0.3, -0.25) is 0 Å². The van der Waals surface area contributed by atoms with Crippen LogP contribution in [-0.2, 0) is 0 Å². The average molecular weight is 148 g/mol. The Bertz CT molecular complexity index is 147. The number of hydrogen-bond acceptors (Lipinski definition) is 0. The van der Waals surface area contributed by atoms with Crippen LogP contribution in [0, 0.1) is 5.92 Å². The van der Waals surface area contributed by atoms with Gasteiger partial charge in [-0.25, -0.2) is 0 Å². The quantitative estimate of drug-likeness (QED) is 0.426. The lowest BCUT2D eigenvalue weighted by Gasteiger charge is -2.06. The third-order valence-corrected chi connectivity index (χ3v) is 2.28. The summed E-state index contributed by atoms with van der Waals surface area (Å²) in [6, 6.07) is 0. The summed E-state index contributed by atoms with van der Waals surface area (Å²) in [6.07, 6.45) is 7.16. The molecule has 2 radical (unpaired) electrons. The third kappa shape index (κ3) is 3.13. The van der Waals surface area contributed by atoms with Crippen LogP contribution in [0.25, 0.3) is 0 Å². The van der Waals surface area contributed by atoms with Gasteiger partial charge < -0.3 is 0 Å². The summed E-state index contributed by atoms with van der Waals surface area (Å²) < 4.78 is 0. The molecule has 0 heterocycles. The summed E-state index contributed by atoms with van der Waals surface area (Å²) in [5, 5.41) is 0. The van der Waals surface area contributed by atoms with E-state index in [1.54, 1.807) is 5.57 Å². The van der Waals surface area contributed by atoms with Crippen molar-refractivity contribution in [2.45, 2.75) is 45.3 Å². The minimum absolute atomic E-state index is 0.428. The molecule has 0 aromatic carbocycles. The van der Waals surface area contributed by atoms with Crippen molar-refractivity contribution in [3.05, 3.63) is 11.6 Å². The van der Waals surface area contributed by atoms with Gasteiger partial charge in [-0.15, -0.1) is 0 Å². The fourth-order valence-corrected chi connectivity index (χ4v) is 1.50. The highest BCUT2D eigenvalue weighted by Crippen LogP contribution is 2.30. The first-order chi connectivity index (χ1) is 5.18. The lowest BCUT2D eigenvalue weighted by molar-refractivity contribution is 0.579. The van der Waals surface area contributed by atoms with E-state index in [0.29, 0.717) is 5.82 Å². The summed E-state index contributed by atoms with van der Waals surface area (Å²) in [7, 11) is 5.78. The van der Waals surface area contributed by atoms with Crippen molar-refractivity contribution in [1.82, 2.24) is 0 Å². The Hall–Kier alpha value is -0.195. The van der Waals surface area contributed by atoms with Crippen LogP contribution in [0.4, 0.5) is 0 Å². The molecule has 1 aliphatic carbocycles. The van der Waals surface area contributed by atoms with E-state index < -0.39 is 0 Å². The van der Waals surface area contributed by atoms with Gasteiger partial charge in [0.25, 0.3) is 0 Å². The highest BCUT2D eigenvalue weighted by atomic mass is 14.1. The third-order valence-electron chi connectivity index (χ3n) is 2.28. The first-order valence-corrected chi connectivity index (χ1v) is 4.62. The standard InChI is InChI=1S/C10H17B/c1-8(2)3-4-9-5-6-10(11)7-9/h5,8,10H,3-4,6-7H2,1-2H3. The molecule has 0 spiro atoms. The maximum absolute atomic E-state index is 5.78. The van der Waals surface area contributed by atoms with Crippen LogP contribution < -0.4 is 0 Å². The molecule has 0 amide bonds. The van der Waals surface area contributed by atoms with E-state index in [1.165, 1.54) is 12.8 Å². The second-order valence-corrected chi connectivity index (χ2v) is 3.99. The zero-order valence-electron chi connectivity index (χ0n) is 7.64. The van der Waals surface area contributed by atoms with E-state index in [-0.39, 0.29) is 0 Å². The van der Waals surface area contributed by atoms with E-state index in [2.05, 4.69) is 19.9 Å². The molecule has 0 nitrogen and oxygen atoms in total. The van der Waals surface area contributed by atoms with Crippen molar-refractivity contribution >= 4 is 7.85 Å². The lowest BCUT2D eigenvalue weighted by atomic mass is 9.84. The molecule has 1 atom stereocenters. The molecule has 0 aromatic heterocycles. The maximum atomic E-state index is 5.78. The molecule has 0 fully saturated rings. The summed E-state index contributed by atoms with van der Waals surface area (Å²) >= 11 is 0. The molecule has 1 rings (SSSR count). The van der Waals surface area contributed by atoms with Gasteiger partial charge in [0.1, 0.15) is 0 Å². The maximum Gasteiger partial charge on any atom is 0.0708 e. The summed E-state index contributed by atoms with van der Waals surface area (Å²) in [6.45, 7) is 4.55. The molecular weight excluding hydrogens is 131 g/mol. The van der Waals surface area contributed by atoms with Crippen LogP contribution in [0.1, 0.15) is 39.5 Å². The zero-order valence-corrected chi connectivity index (χ0v) is 7.64. The van der Waals surface area contributed by atoms with Crippen LogP contribution in [0.5, 0.6) is 0 Å². The zero-order chi connectivity index (χ0) is 8.27. The second-order valence-electron chi connectivity index (χ2n) is 3.99. The molecule has 11 heavy (non-hydrogen) atoms. The minimum Gasteiger partial charge on any atom is -0.0858 e. The van der Waals surface area contributed by atoms with Gasteiger partial charge in [0, 0.05) is 0 Å².